The molecule has 2 aromatic rings. The summed E-state index contributed by atoms with van der Waals surface area (Å²) in [5.74, 6) is 0.453. The van der Waals surface area contributed by atoms with Crippen molar-refractivity contribution in [3.8, 4) is 5.75 Å². The van der Waals surface area contributed by atoms with Crippen LogP contribution >= 0.6 is 11.6 Å². The average molecular weight is 363 g/mol. The first kappa shape index (κ1) is 19.0. The number of aromatic nitrogens is 1. The first-order chi connectivity index (χ1) is 11.9. The third kappa shape index (κ3) is 5.34. The van der Waals surface area contributed by atoms with Crippen LogP contribution < -0.4 is 15.4 Å². The topological polar surface area (TPSA) is 66.5 Å². The van der Waals surface area contributed by atoms with Gasteiger partial charge in [-0.1, -0.05) is 11.6 Å². The quantitative estimate of drug-likeness (QED) is 0.792. The van der Waals surface area contributed by atoms with E-state index < -0.39 is 0 Å². The van der Waals surface area contributed by atoms with Gasteiger partial charge in [-0.25, -0.2) is 4.98 Å². The molecule has 0 saturated carbocycles. The summed E-state index contributed by atoms with van der Waals surface area (Å²) < 4.78 is 5.34. The Morgan fingerprint density at radius 2 is 2.08 bits per heavy atom. The first-order valence-corrected chi connectivity index (χ1v) is 8.28. The van der Waals surface area contributed by atoms with Crippen LogP contribution in [-0.2, 0) is 0 Å². The lowest BCUT2D eigenvalue weighted by Crippen LogP contribution is -2.31. The van der Waals surface area contributed by atoms with Crippen molar-refractivity contribution in [3.63, 3.8) is 0 Å². The highest BCUT2D eigenvalue weighted by Gasteiger charge is 2.09. The predicted molar refractivity (Wildman–Crippen MR) is 101 cm³/mol. The number of carbonyl (C=O) groups excluding carboxylic acids is 1. The Labute approximate surface area is 153 Å². The third-order valence-corrected chi connectivity index (χ3v) is 4.01. The first-order valence-electron chi connectivity index (χ1n) is 7.91. The fourth-order valence-corrected chi connectivity index (χ4v) is 2.32. The van der Waals surface area contributed by atoms with Crippen LogP contribution in [0.25, 0.3) is 0 Å². The Hall–Kier alpha value is -2.31. The molecule has 0 saturated heterocycles. The molecular formula is C18H23ClN4O2. The molecule has 6 nitrogen and oxygen atoms in total. The van der Waals surface area contributed by atoms with Gasteiger partial charge in [0.25, 0.3) is 5.91 Å². The van der Waals surface area contributed by atoms with E-state index >= 15 is 0 Å². The summed E-state index contributed by atoms with van der Waals surface area (Å²) in [5, 5.41) is 6.71. The van der Waals surface area contributed by atoms with Gasteiger partial charge in [0.2, 0.25) is 0 Å². The Morgan fingerprint density at radius 1 is 1.32 bits per heavy atom. The normalized spacial score (nSPS) is 10.6. The van der Waals surface area contributed by atoms with Gasteiger partial charge in [-0.05, 0) is 44.8 Å². The number of hydrogen-bond donors (Lipinski definition) is 2. The molecule has 1 aromatic heterocycles. The summed E-state index contributed by atoms with van der Waals surface area (Å²) in [6, 6.07) is 7.15. The van der Waals surface area contributed by atoms with Gasteiger partial charge in [0.15, 0.2) is 0 Å². The number of benzene rings is 1. The van der Waals surface area contributed by atoms with E-state index in [4.69, 9.17) is 16.3 Å². The van der Waals surface area contributed by atoms with Gasteiger partial charge in [0, 0.05) is 24.2 Å². The Morgan fingerprint density at radius 3 is 2.68 bits per heavy atom. The van der Waals surface area contributed by atoms with Gasteiger partial charge >= 0.3 is 0 Å². The highest BCUT2D eigenvalue weighted by Crippen LogP contribution is 2.32. The number of hydrogen-bond acceptors (Lipinski definition) is 5. The number of halogens is 1. The fraction of sp³-hybridized carbons (Fsp3) is 0.333. The number of rotatable bonds is 7. The van der Waals surface area contributed by atoms with Gasteiger partial charge < -0.3 is 20.3 Å². The standard InChI is InChI=1S/C18H23ClN4O2/c1-12-9-16(17(25-4)10-14(12)19)22-13-5-6-15(21-11-13)18(24)20-7-8-23(2)3/h5-6,9-11,22H,7-8H2,1-4H3,(H,20,24). The minimum absolute atomic E-state index is 0.187. The van der Waals surface area contributed by atoms with E-state index in [-0.39, 0.29) is 5.91 Å². The second-order valence-electron chi connectivity index (χ2n) is 5.92. The summed E-state index contributed by atoms with van der Waals surface area (Å²) in [6.07, 6.45) is 1.62. The number of likely N-dealkylation sites (N-methyl/N-ethyl adjacent to an activating group) is 1. The van der Waals surface area contributed by atoms with Crippen LogP contribution in [0.1, 0.15) is 16.1 Å². The Kier molecular flexibility index (Phi) is 6.61. The van der Waals surface area contributed by atoms with E-state index in [2.05, 4.69) is 15.6 Å². The maximum atomic E-state index is 12.0. The van der Waals surface area contributed by atoms with Crippen molar-refractivity contribution < 1.29 is 9.53 Å². The molecular weight excluding hydrogens is 340 g/mol. The molecule has 0 aliphatic carbocycles. The number of methoxy groups -OCH3 is 1. The van der Waals surface area contributed by atoms with Crippen LogP contribution in [0.2, 0.25) is 5.02 Å². The minimum atomic E-state index is -0.187. The highest BCUT2D eigenvalue weighted by molar-refractivity contribution is 6.31. The van der Waals surface area contributed by atoms with Crippen molar-refractivity contribution in [1.82, 2.24) is 15.2 Å². The Balaban J connectivity index is 2.05. The van der Waals surface area contributed by atoms with Crippen molar-refractivity contribution in [2.45, 2.75) is 6.92 Å². The number of aryl methyl sites for hydroxylation is 1. The maximum Gasteiger partial charge on any atom is 0.269 e. The number of nitrogens with one attached hydrogen (secondary N) is 2. The van der Waals surface area contributed by atoms with Crippen LogP contribution in [-0.4, -0.2) is 50.1 Å². The Bertz CT molecular complexity index is 733. The molecule has 0 fully saturated rings. The second kappa shape index (κ2) is 8.69. The largest absolute Gasteiger partial charge is 0.495 e. The molecule has 7 heteroatoms. The molecule has 0 spiro atoms. The van der Waals surface area contributed by atoms with Crippen molar-refractivity contribution in [2.24, 2.45) is 0 Å². The SMILES string of the molecule is COc1cc(Cl)c(C)cc1Nc1ccc(C(=O)NCCN(C)C)nc1. The number of anilines is 2. The summed E-state index contributed by atoms with van der Waals surface area (Å²) >= 11 is 6.12. The summed E-state index contributed by atoms with van der Waals surface area (Å²) in [4.78, 5) is 18.2. The van der Waals surface area contributed by atoms with Crippen LogP contribution in [0.15, 0.2) is 30.5 Å². The van der Waals surface area contributed by atoms with Crippen molar-refractivity contribution >= 4 is 28.9 Å². The third-order valence-electron chi connectivity index (χ3n) is 3.60. The molecule has 2 N–H and O–H groups in total. The molecule has 0 aliphatic rings. The number of ether oxygens (including phenoxy) is 1. The second-order valence-corrected chi connectivity index (χ2v) is 6.33. The van der Waals surface area contributed by atoms with Crippen molar-refractivity contribution in [2.75, 3.05) is 39.6 Å². The highest BCUT2D eigenvalue weighted by atomic mass is 35.5. The van der Waals surface area contributed by atoms with Gasteiger partial charge in [-0.15, -0.1) is 0 Å². The van der Waals surface area contributed by atoms with E-state index in [0.29, 0.717) is 23.0 Å². The minimum Gasteiger partial charge on any atom is -0.495 e. The zero-order valence-electron chi connectivity index (χ0n) is 14.9. The van der Waals surface area contributed by atoms with Crippen LogP contribution in [0, 0.1) is 6.92 Å². The van der Waals surface area contributed by atoms with Crippen molar-refractivity contribution in [3.05, 3.63) is 46.7 Å². The zero-order valence-corrected chi connectivity index (χ0v) is 15.6. The molecule has 1 aromatic carbocycles. The number of amides is 1. The summed E-state index contributed by atoms with van der Waals surface area (Å²) in [7, 11) is 5.50. The molecule has 134 valence electrons. The van der Waals surface area contributed by atoms with Crippen LogP contribution in [0.4, 0.5) is 11.4 Å². The van der Waals surface area contributed by atoms with E-state index in [1.165, 1.54) is 0 Å². The summed E-state index contributed by atoms with van der Waals surface area (Å²) in [6.45, 7) is 3.28. The van der Waals surface area contributed by atoms with E-state index in [0.717, 1.165) is 23.5 Å². The average Bonchev–Trinajstić information content (AvgIpc) is 2.58. The molecule has 0 atom stereocenters. The smallest absolute Gasteiger partial charge is 0.269 e. The van der Waals surface area contributed by atoms with Gasteiger partial charge in [-0.3, -0.25) is 4.79 Å². The van der Waals surface area contributed by atoms with Gasteiger partial charge in [0.1, 0.15) is 11.4 Å². The van der Waals surface area contributed by atoms with Crippen molar-refractivity contribution in [1.29, 1.82) is 0 Å². The van der Waals surface area contributed by atoms with Crippen LogP contribution in [0.5, 0.6) is 5.75 Å². The van der Waals surface area contributed by atoms with Crippen LogP contribution in [0.3, 0.4) is 0 Å². The molecule has 25 heavy (non-hydrogen) atoms. The summed E-state index contributed by atoms with van der Waals surface area (Å²) in [5.41, 5.74) is 2.86. The van der Waals surface area contributed by atoms with Gasteiger partial charge in [0.05, 0.1) is 24.7 Å². The maximum absolute atomic E-state index is 12.0. The molecule has 0 bridgehead atoms. The lowest BCUT2D eigenvalue weighted by atomic mass is 10.2. The molecule has 1 heterocycles. The molecule has 0 radical (unpaired) electrons. The molecule has 2 rings (SSSR count). The number of pyridine rings is 1. The van der Waals surface area contributed by atoms with Gasteiger partial charge in [-0.2, -0.15) is 0 Å². The molecule has 0 aliphatic heterocycles. The number of carbonyl (C=O) groups is 1. The van der Waals surface area contributed by atoms with E-state index in [1.54, 1.807) is 31.5 Å². The molecule has 1 amide bonds. The zero-order chi connectivity index (χ0) is 18.4. The van der Waals surface area contributed by atoms with E-state index in [1.807, 2.05) is 32.0 Å². The lowest BCUT2D eigenvalue weighted by molar-refractivity contribution is 0.0946. The molecule has 0 unspecified atom stereocenters. The van der Waals surface area contributed by atoms with E-state index in [9.17, 15) is 4.79 Å². The lowest BCUT2D eigenvalue weighted by Gasteiger charge is -2.13. The number of nitrogens with zero attached hydrogens (tertiary/aromatic N) is 2. The predicted octanol–water partition coefficient (Wildman–Crippen LogP) is 3.09. The monoisotopic (exact) mass is 362 g/mol. The fourth-order valence-electron chi connectivity index (χ4n) is 2.17.